The molecule has 6 aliphatic rings. The molecule has 0 aromatic rings. The van der Waals surface area contributed by atoms with Gasteiger partial charge in [-0.25, -0.2) is 0 Å². The molecule has 4 aliphatic carbocycles. The van der Waals surface area contributed by atoms with Crippen LogP contribution in [0.25, 0.3) is 0 Å². The van der Waals surface area contributed by atoms with E-state index in [1.54, 1.807) is 0 Å². The average molecular weight is 723 g/mol. The fraction of sp³-hybridized carbons (Fsp3) is 0.951. The predicted octanol–water partition coefficient (Wildman–Crippen LogP) is 4.70. The van der Waals surface area contributed by atoms with Crippen molar-refractivity contribution in [3.05, 3.63) is 11.6 Å². The molecule has 6 N–H and O–H groups in total. The summed E-state index contributed by atoms with van der Waals surface area (Å²) >= 11 is 0. The van der Waals surface area contributed by atoms with Crippen LogP contribution in [0.4, 0.5) is 0 Å². The summed E-state index contributed by atoms with van der Waals surface area (Å²) in [6.45, 7) is 15.8. The molecule has 10 nitrogen and oxygen atoms in total. The van der Waals surface area contributed by atoms with Gasteiger partial charge in [0, 0.05) is 0 Å². The van der Waals surface area contributed by atoms with Crippen molar-refractivity contribution in [2.75, 3.05) is 6.61 Å². The van der Waals surface area contributed by atoms with E-state index in [0.29, 0.717) is 11.3 Å². The van der Waals surface area contributed by atoms with E-state index in [-0.39, 0.29) is 11.5 Å². The number of aliphatic hydroxyl groups is 6. The minimum Gasteiger partial charge on any atom is -0.394 e. The number of hydrogen-bond donors (Lipinski definition) is 6. The molecule has 294 valence electrons. The van der Waals surface area contributed by atoms with Crippen LogP contribution in [0.1, 0.15) is 119 Å². The first kappa shape index (κ1) is 40.0. The van der Waals surface area contributed by atoms with Crippen molar-refractivity contribution >= 4 is 0 Å². The molecule has 3 saturated carbocycles. The Kier molecular flexibility index (Phi) is 12.4. The summed E-state index contributed by atoms with van der Waals surface area (Å²) in [7, 11) is 0. The first-order valence-corrected chi connectivity index (χ1v) is 20.5. The van der Waals surface area contributed by atoms with E-state index in [1.807, 2.05) is 0 Å². The zero-order valence-electron chi connectivity index (χ0n) is 32.3. The Hall–Kier alpha value is -0.660. The van der Waals surface area contributed by atoms with Crippen LogP contribution in [0.2, 0.25) is 0 Å². The summed E-state index contributed by atoms with van der Waals surface area (Å²) in [4.78, 5) is 0. The topological polar surface area (TPSA) is 158 Å². The number of fused-ring (bicyclic) bond motifs is 5. The van der Waals surface area contributed by atoms with Gasteiger partial charge in [-0.1, -0.05) is 66.0 Å². The SMILES string of the molecule is CCC(CCC(C)C1CCC2C3CC=C4CC(OC5OC(CO)C(OC6OC(C)C(O)C(O)C6O)C(O)C5O)CCC4(C)C3CCC12C)C(C)C. The van der Waals surface area contributed by atoms with Gasteiger partial charge in [-0.2, -0.15) is 0 Å². The predicted molar refractivity (Wildman–Crippen MR) is 192 cm³/mol. The Morgan fingerprint density at radius 1 is 0.824 bits per heavy atom. The van der Waals surface area contributed by atoms with Gasteiger partial charge >= 0.3 is 0 Å². The normalized spacial score (nSPS) is 49.8. The van der Waals surface area contributed by atoms with Crippen molar-refractivity contribution in [2.24, 2.45) is 52.3 Å². The van der Waals surface area contributed by atoms with E-state index in [9.17, 15) is 30.6 Å². The highest BCUT2D eigenvalue weighted by Crippen LogP contribution is 2.67. The van der Waals surface area contributed by atoms with Gasteiger partial charge in [0.1, 0.15) is 42.7 Å². The Labute approximate surface area is 306 Å². The lowest BCUT2D eigenvalue weighted by Crippen LogP contribution is -2.64. The fourth-order valence-corrected chi connectivity index (χ4v) is 12.2. The van der Waals surface area contributed by atoms with Gasteiger partial charge in [0.05, 0.1) is 18.8 Å². The van der Waals surface area contributed by atoms with Gasteiger partial charge in [-0.3, -0.25) is 0 Å². The highest BCUT2D eigenvalue weighted by Gasteiger charge is 2.59. The lowest BCUT2D eigenvalue weighted by molar-refractivity contribution is -0.360. The van der Waals surface area contributed by atoms with E-state index in [2.05, 4.69) is 47.6 Å². The van der Waals surface area contributed by atoms with Gasteiger partial charge in [0.2, 0.25) is 0 Å². The van der Waals surface area contributed by atoms with Crippen molar-refractivity contribution in [1.29, 1.82) is 0 Å². The van der Waals surface area contributed by atoms with Crippen molar-refractivity contribution in [2.45, 2.75) is 187 Å². The molecule has 0 aromatic heterocycles. The van der Waals surface area contributed by atoms with Gasteiger partial charge in [0.25, 0.3) is 0 Å². The quantitative estimate of drug-likeness (QED) is 0.165. The second-order valence-electron chi connectivity index (χ2n) is 18.4. The molecule has 51 heavy (non-hydrogen) atoms. The zero-order chi connectivity index (χ0) is 37.0. The van der Waals surface area contributed by atoms with Crippen LogP contribution in [0.5, 0.6) is 0 Å². The standard InChI is InChI=1S/C41H70O10/c1-8-24(21(2)3)10-9-22(4)28-13-14-29-27-12-11-25-19-26(15-17-40(25,6)30(27)16-18-41(28,29)7)49-39-36(47)34(45)37(31(20-42)50-39)51-38-35(46)33(44)32(43)23(5)48-38/h11,21-24,26-39,42-47H,8-10,12-20H2,1-7H3. The summed E-state index contributed by atoms with van der Waals surface area (Å²) in [5.74, 6) is 5.39. The highest BCUT2D eigenvalue weighted by molar-refractivity contribution is 5.25. The first-order valence-electron chi connectivity index (χ1n) is 20.5. The van der Waals surface area contributed by atoms with Gasteiger partial charge in [0.15, 0.2) is 12.6 Å². The van der Waals surface area contributed by atoms with E-state index < -0.39 is 68.0 Å². The van der Waals surface area contributed by atoms with Crippen LogP contribution < -0.4 is 0 Å². The van der Waals surface area contributed by atoms with E-state index in [1.165, 1.54) is 57.4 Å². The molecule has 0 bridgehead atoms. The molecule has 0 aromatic carbocycles. The number of ether oxygens (including phenoxy) is 4. The zero-order valence-corrected chi connectivity index (χ0v) is 32.3. The molecule has 5 fully saturated rings. The van der Waals surface area contributed by atoms with Crippen LogP contribution in [-0.4, -0.2) is 105 Å². The molecular weight excluding hydrogens is 652 g/mol. The summed E-state index contributed by atoms with van der Waals surface area (Å²) in [6.07, 6.45) is 2.18. The molecule has 2 aliphatic heterocycles. The third-order valence-electron chi connectivity index (χ3n) is 15.5. The van der Waals surface area contributed by atoms with Crippen molar-refractivity contribution in [3.63, 3.8) is 0 Å². The Balaban J connectivity index is 1.07. The summed E-state index contributed by atoms with van der Waals surface area (Å²) in [5.41, 5.74) is 2.02. The maximum absolute atomic E-state index is 11.1. The monoisotopic (exact) mass is 722 g/mol. The molecule has 6 rings (SSSR count). The van der Waals surface area contributed by atoms with Crippen LogP contribution in [-0.2, 0) is 18.9 Å². The second kappa shape index (κ2) is 15.8. The number of allylic oxidation sites excluding steroid dienone is 1. The highest BCUT2D eigenvalue weighted by atomic mass is 16.7. The Morgan fingerprint density at radius 3 is 2.22 bits per heavy atom. The second-order valence-corrected chi connectivity index (χ2v) is 18.4. The molecule has 19 unspecified atom stereocenters. The van der Waals surface area contributed by atoms with E-state index in [0.717, 1.165) is 61.2 Å². The number of aliphatic hydroxyl groups excluding tert-OH is 6. The third-order valence-corrected chi connectivity index (χ3v) is 15.5. The van der Waals surface area contributed by atoms with Crippen molar-refractivity contribution < 1.29 is 49.6 Å². The molecule has 0 radical (unpaired) electrons. The summed E-state index contributed by atoms with van der Waals surface area (Å²) < 4.78 is 23.7. The molecule has 2 saturated heterocycles. The largest absolute Gasteiger partial charge is 0.394 e. The smallest absolute Gasteiger partial charge is 0.187 e. The van der Waals surface area contributed by atoms with E-state index in [4.69, 9.17) is 18.9 Å². The summed E-state index contributed by atoms with van der Waals surface area (Å²) in [5, 5.41) is 63.1. The molecule has 0 spiro atoms. The fourth-order valence-electron chi connectivity index (χ4n) is 12.2. The van der Waals surface area contributed by atoms with E-state index >= 15 is 0 Å². The van der Waals surface area contributed by atoms with Gasteiger partial charge < -0.3 is 49.6 Å². The van der Waals surface area contributed by atoms with Crippen LogP contribution in [0.3, 0.4) is 0 Å². The minimum atomic E-state index is -1.60. The molecule has 10 heteroatoms. The maximum Gasteiger partial charge on any atom is 0.187 e. The number of hydrogen-bond acceptors (Lipinski definition) is 10. The van der Waals surface area contributed by atoms with Crippen molar-refractivity contribution in [1.82, 2.24) is 0 Å². The molecule has 2 heterocycles. The average Bonchev–Trinajstić information content (AvgIpc) is 3.46. The summed E-state index contributed by atoms with van der Waals surface area (Å²) in [6, 6.07) is 0. The van der Waals surface area contributed by atoms with Crippen LogP contribution >= 0.6 is 0 Å². The van der Waals surface area contributed by atoms with Crippen LogP contribution in [0.15, 0.2) is 11.6 Å². The lowest BCUT2D eigenvalue weighted by atomic mass is 9.47. The Bertz CT molecular complexity index is 1190. The van der Waals surface area contributed by atoms with Crippen molar-refractivity contribution in [3.8, 4) is 0 Å². The van der Waals surface area contributed by atoms with Gasteiger partial charge in [-0.05, 0) is 117 Å². The van der Waals surface area contributed by atoms with Gasteiger partial charge in [-0.15, -0.1) is 0 Å². The van der Waals surface area contributed by atoms with Crippen LogP contribution in [0, 0.1) is 52.3 Å². The minimum absolute atomic E-state index is 0.133. The molecule has 0 amide bonds. The molecular formula is C41H70O10. The Morgan fingerprint density at radius 2 is 1.53 bits per heavy atom. The first-order chi connectivity index (χ1) is 24.1. The molecule has 19 atom stereocenters. The lowest BCUT2D eigenvalue weighted by Gasteiger charge is -2.58. The number of rotatable bonds is 11. The maximum atomic E-state index is 11.1. The third kappa shape index (κ3) is 7.39.